The van der Waals surface area contributed by atoms with E-state index in [4.69, 9.17) is 15.2 Å². The van der Waals surface area contributed by atoms with Gasteiger partial charge < -0.3 is 25.3 Å². The zero-order valence-corrected chi connectivity index (χ0v) is 11.8. The van der Waals surface area contributed by atoms with Crippen LogP contribution >= 0.6 is 11.8 Å². The Kier molecular flexibility index (Phi) is 6.85. The zero-order valence-electron chi connectivity index (χ0n) is 11.0. The monoisotopic (exact) mass is 289 g/mol. The first-order valence-corrected chi connectivity index (χ1v) is 6.78. The Morgan fingerprint density at radius 2 is 2.32 bits per heavy atom. The minimum atomic E-state index is -0.656. The zero-order chi connectivity index (χ0) is 14.3. The molecule has 1 heterocycles. The largest absolute Gasteiger partial charge is 0.390 e. The summed E-state index contributed by atoms with van der Waals surface area (Å²) < 4.78 is 10.3. The highest BCUT2D eigenvalue weighted by Gasteiger charge is 2.10. The number of hydrogen-bond acceptors (Lipinski definition) is 7. The van der Waals surface area contributed by atoms with Gasteiger partial charge in [-0.1, -0.05) is 11.8 Å². The number of aliphatic hydroxyl groups excluding tert-OH is 1. The fourth-order valence-electron chi connectivity index (χ4n) is 1.30. The molecule has 4 N–H and O–H groups in total. The van der Waals surface area contributed by atoms with Gasteiger partial charge in [-0.15, -0.1) is 0 Å². The summed E-state index contributed by atoms with van der Waals surface area (Å²) in [4.78, 5) is 17.6. The summed E-state index contributed by atoms with van der Waals surface area (Å²) in [5.41, 5.74) is 5.14. The van der Waals surface area contributed by atoms with Crippen molar-refractivity contribution in [1.29, 1.82) is 0 Å². The summed E-state index contributed by atoms with van der Waals surface area (Å²) in [5.74, 6) is 0.511. The van der Waals surface area contributed by atoms with Gasteiger partial charge in [0.1, 0.15) is 5.82 Å². The van der Waals surface area contributed by atoms with Gasteiger partial charge in [0.25, 0.3) is 5.56 Å². The van der Waals surface area contributed by atoms with E-state index in [9.17, 15) is 9.90 Å². The van der Waals surface area contributed by atoms with Crippen molar-refractivity contribution in [2.75, 3.05) is 31.8 Å². The van der Waals surface area contributed by atoms with E-state index in [1.165, 1.54) is 17.8 Å². The van der Waals surface area contributed by atoms with E-state index in [2.05, 4.69) is 9.97 Å². The number of nitrogens with two attached hydrogens (primary N) is 1. The first-order chi connectivity index (χ1) is 9.01. The van der Waals surface area contributed by atoms with E-state index >= 15 is 0 Å². The highest BCUT2D eigenvalue weighted by atomic mass is 32.2. The van der Waals surface area contributed by atoms with Crippen molar-refractivity contribution in [3.05, 3.63) is 16.4 Å². The molecule has 0 aliphatic heterocycles. The van der Waals surface area contributed by atoms with Crippen molar-refractivity contribution in [2.24, 2.45) is 0 Å². The van der Waals surface area contributed by atoms with Gasteiger partial charge in [0.2, 0.25) is 0 Å². The molecule has 2 atom stereocenters. The number of ether oxygens (including phenoxy) is 2. The van der Waals surface area contributed by atoms with Gasteiger partial charge in [0, 0.05) is 18.9 Å². The molecule has 19 heavy (non-hydrogen) atoms. The SMILES string of the molecule is COCC(C)OCC(O)CSc1nc(N)cc(=O)[nH]1. The maximum atomic E-state index is 11.2. The molecule has 0 aliphatic rings. The maximum Gasteiger partial charge on any atom is 0.253 e. The fraction of sp³-hybridized carbons (Fsp3) is 0.636. The number of nitrogens with zero attached hydrogens (tertiary/aromatic N) is 1. The van der Waals surface area contributed by atoms with Gasteiger partial charge in [0.05, 0.1) is 25.4 Å². The van der Waals surface area contributed by atoms with Crippen LogP contribution < -0.4 is 11.3 Å². The van der Waals surface area contributed by atoms with Crippen LogP contribution in [-0.4, -0.2) is 53.4 Å². The van der Waals surface area contributed by atoms with Gasteiger partial charge in [0.15, 0.2) is 5.16 Å². The van der Waals surface area contributed by atoms with Gasteiger partial charge in [-0.3, -0.25) is 4.79 Å². The van der Waals surface area contributed by atoms with Crippen LogP contribution in [0.25, 0.3) is 0 Å². The molecule has 0 aliphatic carbocycles. The summed E-state index contributed by atoms with van der Waals surface area (Å²) in [5, 5.41) is 10.1. The number of thioether (sulfide) groups is 1. The van der Waals surface area contributed by atoms with E-state index in [0.717, 1.165) is 0 Å². The molecule has 0 radical (unpaired) electrons. The Labute approximate surface area is 115 Å². The highest BCUT2D eigenvalue weighted by Crippen LogP contribution is 2.13. The second-order valence-corrected chi connectivity index (χ2v) is 5.05. The van der Waals surface area contributed by atoms with E-state index in [-0.39, 0.29) is 24.1 Å². The molecule has 2 unspecified atom stereocenters. The van der Waals surface area contributed by atoms with Crippen LogP contribution in [-0.2, 0) is 9.47 Å². The number of anilines is 1. The smallest absolute Gasteiger partial charge is 0.253 e. The van der Waals surface area contributed by atoms with Crippen molar-refractivity contribution in [1.82, 2.24) is 9.97 Å². The molecule has 0 saturated heterocycles. The molecule has 0 spiro atoms. The fourth-order valence-corrected chi connectivity index (χ4v) is 2.09. The molecule has 0 bridgehead atoms. The number of rotatable bonds is 8. The summed E-state index contributed by atoms with van der Waals surface area (Å²) >= 11 is 1.21. The third-order valence-electron chi connectivity index (χ3n) is 2.13. The van der Waals surface area contributed by atoms with E-state index in [1.54, 1.807) is 7.11 Å². The second-order valence-electron chi connectivity index (χ2n) is 4.04. The van der Waals surface area contributed by atoms with E-state index in [0.29, 0.717) is 17.5 Å². The number of H-pyrrole nitrogens is 1. The molecule has 0 amide bonds. The predicted molar refractivity (Wildman–Crippen MR) is 73.3 cm³/mol. The van der Waals surface area contributed by atoms with Gasteiger partial charge in [-0.05, 0) is 6.92 Å². The summed E-state index contributed by atoms with van der Waals surface area (Å²) in [6.07, 6.45) is -0.731. The molecule has 8 heteroatoms. The van der Waals surface area contributed by atoms with Crippen molar-refractivity contribution < 1.29 is 14.6 Å². The molecular weight excluding hydrogens is 270 g/mol. The third-order valence-corrected chi connectivity index (χ3v) is 3.14. The minimum absolute atomic E-state index is 0.0741. The van der Waals surface area contributed by atoms with Crippen LogP contribution in [0.5, 0.6) is 0 Å². The number of aromatic nitrogens is 2. The summed E-state index contributed by atoms with van der Waals surface area (Å²) in [7, 11) is 1.59. The average molecular weight is 289 g/mol. The average Bonchev–Trinajstić information content (AvgIpc) is 2.33. The highest BCUT2D eigenvalue weighted by molar-refractivity contribution is 7.99. The lowest BCUT2D eigenvalue weighted by molar-refractivity contribution is -0.0257. The number of nitrogens with one attached hydrogen (secondary N) is 1. The Hall–Kier alpha value is -1.09. The van der Waals surface area contributed by atoms with Crippen molar-refractivity contribution in [3.8, 4) is 0 Å². The quantitative estimate of drug-likeness (QED) is 0.451. The van der Waals surface area contributed by atoms with Crippen LogP contribution in [0.1, 0.15) is 6.92 Å². The lowest BCUT2D eigenvalue weighted by atomic mass is 10.4. The second kappa shape index (κ2) is 8.16. The van der Waals surface area contributed by atoms with Crippen LogP contribution in [0.15, 0.2) is 16.0 Å². The number of nitrogen functional groups attached to an aromatic ring is 1. The Morgan fingerprint density at radius 3 is 2.95 bits per heavy atom. The Balaban J connectivity index is 2.33. The first-order valence-electron chi connectivity index (χ1n) is 5.79. The molecule has 0 saturated carbocycles. The lowest BCUT2D eigenvalue weighted by Crippen LogP contribution is -2.24. The van der Waals surface area contributed by atoms with Gasteiger partial charge >= 0.3 is 0 Å². The summed E-state index contributed by atoms with van der Waals surface area (Å²) in [6.45, 7) is 2.54. The number of methoxy groups -OCH3 is 1. The molecule has 1 rings (SSSR count). The van der Waals surface area contributed by atoms with Gasteiger partial charge in [-0.2, -0.15) is 0 Å². The molecule has 7 nitrogen and oxygen atoms in total. The molecule has 0 fully saturated rings. The molecule has 0 aromatic carbocycles. The normalized spacial score (nSPS) is 14.3. The van der Waals surface area contributed by atoms with Crippen LogP contribution in [0.3, 0.4) is 0 Å². The number of aromatic amines is 1. The summed E-state index contributed by atoms with van der Waals surface area (Å²) in [6, 6.07) is 1.20. The van der Waals surface area contributed by atoms with Gasteiger partial charge in [-0.25, -0.2) is 4.98 Å². The van der Waals surface area contributed by atoms with Crippen LogP contribution in [0.2, 0.25) is 0 Å². The lowest BCUT2D eigenvalue weighted by Gasteiger charge is -2.15. The first kappa shape index (κ1) is 16.0. The van der Waals surface area contributed by atoms with E-state index in [1.807, 2.05) is 6.92 Å². The van der Waals surface area contributed by atoms with E-state index < -0.39 is 6.10 Å². The molecule has 1 aromatic rings. The standard InChI is InChI=1S/C11H19N3O4S/c1-7(4-17-2)18-5-8(15)6-19-11-13-9(12)3-10(16)14-11/h3,7-8,15H,4-6H2,1-2H3,(H3,12,13,14,16). The predicted octanol–water partition coefficient (Wildman–Crippen LogP) is -0.143. The Morgan fingerprint density at radius 1 is 1.58 bits per heavy atom. The minimum Gasteiger partial charge on any atom is -0.390 e. The third kappa shape index (κ3) is 6.58. The number of hydrogen-bond donors (Lipinski definition) is 3. The van der Waals surface area contributed by atoms with Crippen molar-refractivity contribution in [3.63, 3.8) is 0 Å². The molecule has 1 aromatic heterocycles. The molecular formula is C11H19N3O4S. The van der Waals surface area contributed by atoms with Crippen LogP contribution in [0.4, 0.5) is 5.82 Å². The number of aliphatic hydroxyl groups is 1. The maximum absolute atomic E-state index is 11.2. The topological polar surface area (TPSA) is 110 Å². The Bertz CT molecular complexity index is 440. The molecule has 108 valence electrons. The van der Waals surface area contributed by atoms with Crippen LogP contribution in [0, 0.1) is 0 Å². The van der Waals surface area contributed by atoms with Crippen molar-refractivity contribution >= 4 is 17.6 Å². The van der Waals surface area contributed by atoms with Crippen molar-refractivity contribution in [2.45, 2.75) is 24.3 Å².